The van der Waals surface area contributed by atoms with Gasteiger partial charge in [-0.15, -0.1) is 0 Å². The molecule has 0 amide bonds. The summed E-state index contributed by atoms with van der Waals surface area (Å²) < 4.78 is 41.6. The van der Waals surface area contributed by atoms with Gasteiger partial charge in [0.15, 0.2) is 0 Å². The average molecular weight is 240 g/mol. The first-order chi connectivity index (χ1) is 6.86. The molecule has 0 saturated carbocycles. The zero-order valence-corrected chi connectivity index (χ0v) is 8.56. The van der Waals surface area contributed by atoms with Crippen LogP contribution < -0.4 is 10.5 Å². The van der Waals surface area contributed by atoms with Crippen molar-refractivity contribution in [1.29, 1.82) is 0 Å². The molecule has 0 bridgehead atoms. The van der Waals surface area contributed by atoms with Crippen molar-refractivity contribution in [2.75, 3.05) is 7.11 Å². The fourth-order valence-electron chi connectivity index (χ4n) is 1.06. The zero-order chi connectivity index (χ0) is 11.6. The third kappa shape index (κ3) is 2.76. The molecule has 1 atom stereocenters. The van der Waals surface area contributed by atoms with Crippen LogP contribution in [0.3, 0.4) is 0 Å². The molecule has 15 heavy (non-hydrogen) atoms. The minimum Gasteiger partial charge on any atom is -0.495 e. The molecule has 0 unspecified atom stereocenters. The molecule has 1 aromatic carbocycles. The summed E-state index contributed by atoms with van der Waals surface area (Å²) in [5.41, 5.74) is 4.94. The first-order valence-electron chi connectivity index (χ1n) is 4.02. The average Bonchev–Trinajstić information content (AvgIpc) is 2.16. The first-order valence-corrected chi connectivity index (χ1v) is 4.39. The van der Waals surface area contributed by atoms with Gasteiger partial charge in [0.1, 0.15) is 11.8 Å². The van der Waals surface area contributed by atoms with Crippen LogP contribution in [0.1, 0.15) is 11.6 Å². The highest BCUT2D eigenvalue weighted by molar-refractivity contribution is 6.32. The Morgan fingerprint density at radius 1 is 1.40 bits per heavy atom. The van der Waals surface area contributed by atoms with Gasteiger partial charge in [-0.2, -0.15) is 13.2 Å². The van der Waals surface area contributed by atoms with Crippen LogP contribution in [-0.2, 0) is 0 Å². The summed E-state index contributed by atoms with van der Waals surface area (Å²) in [5.74, 6) is 0.175. The largest absolute Gasteiger partial charge is 0.495 e. The topological polar surface area (TPSA) is 35.2 Å². The molecule has 6 heteroatoms. The fraction of sp³-hybridized carbons (Fsp3) is 0.333. The second kappa shape index (κ2) is 4.28. The lowest BCUT2D eigenvalue weighted by atomic mass is 10.1. The van der Waals surface area contributed by atoms with Gasteiger partial charge in [-0.3, -0.25) is 0 Å². The number of hydrogen-bond acceptors (Lipinski definition) is 2. The maximum Gasteiger partial charge on any atom is 0.407 e. The Kier molecular flexibility index (Phi) is 3.46. The SMILES string of the molecule is COc1cc([C@@H](N)C(F)(F)F)ccc1Cl. The summed E-state index contributed by atoms with van der Waals surface area (Å²) in [5, 5.41) is 0.246. The number of rotatable bonds is 2. The molecule has 0 fully saturated rings. The summed E-state index contributed by atoms with van der Waals surface area (Å²) in [4.78, 5) is 0. The maximum absolute atomic E-state index is 12.3. The number of benzene rings is 1. The molecular weight excluding hydrogens is 231 g/mol. The maximum atomic E-state index is 12.3. The van der Waals surface area contributed by atoms with Crippen LogP contribution in [-0.4, -0.2) is 13.3 Å². The van der Waals surface area contributed by atoms with Gasteiger partial charge in [0.2, 0.25) is 0 Å². The molecule has 0 aromatic heterocycles. The molecule has 0 spiro atoms. The highest BCUT2D eigenvalue weighted by Crippen LogP contribution is 2.34. The van der Waals surface area contributed by atoms with Crippen LogP contribution in [0.25, 0.3) is 0 Å². The molecule has 1 rings (SSSR count). The quantitative estimate of drug-likeness (QED) is 0.861. The summed E-state index contributed by atoms with van der Waals surface area (Å²) >= 11 is 5.67. The number of hydrogen-bond donors (Lipinski definition) is 1. The summed E-state index contributed by atoms with van der Waals surface area (Å²) in [6.07, 6.45) is -4.47. The van der Waals surface area contributed by atoms with Crippen molar-refractivity contribution in [2.24, 2.45) is 5.73 Å². The molecule has 0 aliphatic heterocycles. The summed E-state index contributed by atoms with van der Waals surface area (Å²) in [6.45, 7) is 0. The van der Waals surface area contributed by atoms with Gasteiger partial charge in [0, 0.05) is 0 Å². The standard InChI is InChI=1S/C9H9ClF3NO/c1-15-7-4-5(2-3-6(7)10)8(14)9(11,12)13/h2-4,8H,14H2,1H3/t8-/m1/s1. The van der Waals surface area contributed by atoms with Crippen molar-refractivity contribution in [3.63, 3.8) is 0 Å². The van der Waals surface area contributed by atoms with E-state index in [0.29, 0.717) is 0 Å². The Bertz CT molecular complexity index is 354. The van der Waals surface area contributed by atoms with Crippen LogP contribution in [0.5, 0.6) is 5.75 Å². The predicted octanol–water partition coefficient (Wildman–Crippen LogP) is 2.91. The normalized spacial score (nSPS) is 13.7. The van der Waals surface area contributed by atoms with E-state index in [1.54, 1.807) is 0 Å². The second-order valence-corrected chi connectivity index (χ2v) is 3.32. The lowest BCUT2D eigenvalue weighted by Crippen LogP contribution is -2.28. The number of nitrogens with two attached hydrogens (primary N) is 1. The summed E-state index contributed by atoms with van der Waals surface area (Å²) in [6, 6.07) is 1.70. The Morgan fingerprint density at radius 2 is 2.00 bits per heavy atom. The van der Waals surface area contributed by atoms with Gasteiger partial charge in [-0.05, 0) is 17.7 Å². The van der Waals surface area contributed by atoms with Crippen molar-refractivity contribution in [2.45, 2.75) is 12.2 Å². The predicted molar refractivity (Wildman–Crippen MR) is 51.0 cm³/mol. The molecule has 2 nitrogen and oxygen atoms in total. The minimum atomic E-state index is -4.47. The van der Waals surface area contributed by atoms with E-state index in [0.717, 1.165) is 0 Å². The van der Waals surface area contributed by atoms with Crippen molar-refractivity contribution < 1.29 is 17.9 Å². The van der Waals surface area contributed by atoms with Crippen LogP contribution in [0.2, 0.25) is 5.02 Å². The lowest BCUT2D eigenvalue weighted by Gasteiger charge is -2.16. The molecule has 0 aliphatic rings. The number of alkyl halides is 3. The van der Waals surface area contributed by atoms with Gasteiger partial charge in [-0.25, -0.2) is 0 Å². The van der Waals surface area contributed by atoms with E-state index in [4.69, 9.17) is 22.1 Å². The Hall–Kier alpha value is -0.940. The summed E-state index contributed by atoms with van der Waals surface area (Å²) in [7, 11) is 1.32. The molecule has 2 N–H and O–H groups in total. The van der Waals surface area contributed by atoms with Crippen molar-refractivity contribution in [3.8, 4) is 5.75 Å². The van der Waals surface area contributed by atoms with E-state index < -0.39 is 12.2 Å². The highest BCUT2D eigenvalue weighted by Gasteiger charge is 2.38. The molecule has 1 aromatic rings. The van der Waals surface area contributed by atoms with Crippen LogP contribution in [0, 0.1) is 0 Å². The molecule has 0 aliphatic carbocycles. The van der Waals surface area contributed by atoms with E-state index in [9.17, 15) is 13.2 Å². The smallest absolute Gasteiger partial charge is 0.407 e. The fourth-order valence-corrected chi connectivity index (χ4v) is 1.25. The van der Waals surface area contributed by atoms with Crippen molar-refractivity contribution in [3.05, 3.63) is 28.8 Å². The van der Waals surface area contributed by atoms with Crippen LogP contribution >= 0.6 is 11.6 Å². The molecule has 0 radical (unpaired) electrons. The zero-order valence-electron chi connectivity index (χ0n) is 7.81. The third-order valence-electron chi connectivity index (χ3n) is 1.89. The first kappa shape index (κ1) is 12.1. The Morgan fingerprint density at radius 3 is 2.47 bits per heavy atom. The highest BCUT2D eigenvalue weighted by atomic mass is 35.5. The number of ether oxygens (including phenoxy) is 1. The lowest BCUT2D eigenvalue weighted by molar-refractivity contribution is -0.149. The van der Waals surface area contributed by atoms with Crippen LogP contribution in [0.15, 0.2) is 18.2 Å². The van der Waals surface area contributed by atoms with Crippen molar-refractivity contribution in [1.82, 2.24) is 0 Å². The monoisotopic (exact) mass is 239 g/mol. The molecule has 0 heterocycles. The third-order valence-corrected chi connectivity index (χ3v) is 2.20. The van der Waals surface area contributed by atoms with E-state index in [2.05, 4.69) is 0 Å². The van der Waals surface area contributed by atoms with E-state index >= 15 is 0 Å². The Labute approximate surface area is 89.8 Å². The second-order valence-electron chi connectivity index (χ2n) is 2.91. The van der Waals surface area contributed by atoms with Gasteiger partial charge >= 0.3 is 6.18 Å². The molecule has 0 saturated heterocycles. The van der Waals surface area contributed by atoms with E-state index in [-0.39, 0.29) is 16.3 Å². The van der Waals surface area contributed by atoms with Gasteiger partial charge in [-0.1, -0.05) is 17.7 Å². The van der Waals surface area contributed by atoms with Crippen molar-refractivity contribution >= 4 is 11.6 Å². The van der Waals surface area contributed by atoms with E-state index in [1.165, 1.54) is 25.3 Å². The Balaban J connectivity index is 3.06. The van der Waals surface area contributed by atoms with Gasteiger partial charge in [0.25, 0.3) is 0 Å². The van der Waals surface area contributed by atoms with Gasteiger partial charge < -0.3 is 10.5 Å². The number of halogens is 4. The number of methoxy groups -OCH3 is 1. The van der Waals surface area contributed by atoms with Gasteiger partial charge in [0.05, 0.1) is 12.1 Å². The van der Waals surface area contributed by atoms with E-state index in [1.807, 2.05) is 0 Å². The van der Waals surface area contributed by atoms with Crippen LogP contribution in [0.4, 0.5) is 13.2 Å². The molecular formula is C9H9ClF3NO. The minimum absolute atomic E-state index is 0.0799. The molecule has 84 valence electrons.